The van der Waals surface area contributed by atoms with Crippen molar-refractivity contribution in [2.45, 2.75) is 57.5 Å². The minimum atomic E-state index is 0.267. The molecule has 0 amide bonds. The molecule has 98 valence electrons. The van der Waals surface area contributed by atoms with Gasteiger partial charge in [-0.1, -0.05) is 10.0 Å². The van der Waals surface area contributed by atoms with Gasteiger partial charge in [0.1, 0.15) is 6.54 Å². The van der Waals surface area contributed by atoms with E-state index in [-0.39, 0.29) is 5.54 Å². The van der Waals surface area contributed by atoms with E-state index in [0.717, 1.165) is 24.3 Å². The van der Waals surface area contributed by atoms with E-state index < -0.39 is 0 Å². The summed E-state index contributed by atoms with van der Waals surface area (Å²) in [5.74, 6) is 2.83. The normalized spacial score (nSPS) is 41.5. The topological polar surface area (TPSA) is 37.5 Å². The summed E-state index contributed by atoms with van der Waals surface area (Å²) in [6.45, 7) is 2.99. The van der Waals surface area contributed by atoms with Crippen LogP contribution in [-0.4, -0.2) is 15.0 Å². The number of H-pyrrole nitrogens is 1. The van der Waals surface area contributed by atoms with Crippen molar-refractivity contribution in [3.05, 3.63) is 4.77 Å². The molecule has 4 nitrogen and oxygen atoms in total. The number of aromatic amines is 1. The highest BCUT2D eigenvalue weighted by Crippen LogP contribution is 2.56. The van der Waals surface area contributed by atoms with Crippen molar-refractivity contribution in [3.8, 4) is 0 Å². The maximum atomic E-state index is 5.33. The van der Waals surface area contributed by atoms with E-state index in [1.807, 2.05) is 4.68 Å². The average molecular weight is 265 g/mol. The summed E-state index contributed by atoms with van der Waals surface area (Å²) >= 11 is 5.33. The van der Waals surface area contributed by atoms with Crippen LogP contribution in [0.1, 0.15) is 45.4 Å². The van der Waals surface area contributed by atoms with E-state index in [1.54, 1.807) is 0 Å². The fourth-order valence-electron chi connectivity index (χ4n) is 5.06. The predicted octanol–water partition coefficient (Wildman–Crippen LogP) is 2.17. The maximum Gasteiger partial charge on any atom is 0.347 e. The molecule has 1 N–H and O–H groups in total. The van der Waals surface area contributed by atoms with Crippen molar-refractivity contribution >= 4 is 12.2 Å². The highest BCUT2D eigenvalue weighted by molar-refractivity contribution is 7.71. The van der Waals surface area contributed by atoms with Crippen molar-refractivity contribution in [1.82, 2.24) is 15.0 Å². The van der Waals surface area contributed by atoms with Gasteiger partial charge in [-0.3, -0.25) is 0 Å². The summed E-state index contributed by atoms with van der Waals surface area (Å²) in [6.07, 6.45) is 8.35. The Kier molecular flexibility index (Phi) is 2.26. The molecule has 0 aliphatic heterocycles. The second kappa shape index (κ2) is 3.65. The molecule has 1 aromatic rings. The van der Waals surface area contributed by atoms with E-state index >= 15 is 0 Å². The van der Waals surface area contributed by atoms with E-state index in [9.17, 15) is 0 Å². The van der Waals surface area contributed by atoms with Crippen LogP contribution in [0.15, 0.2) is 0 Å². The molecule has 0 atom stereocenters. The largest absolute Gasteiger partial charge is 0.347 e. The van der Waals surface area contributed by atoms with Crippen LogP contribution in [0.25, 0.3) is 0 Å². The van der Waals surface area contributed by atoms with E-state index in [1.165, 1.54) is 38.5 Å². The number of nitrogens with zero attached hydrogens (tertiary/aromatic N) is 3. The second-order valence-electron chi connectivity index (χ2n) is 6.68. The summed E-state index contributed by atoms with van der Waals surface area (Å²) in [4.78, 5) is 2.13. The fourth-order valence-corrected chi connectivity index (χ4v) is 5.31. The number of rotatable bonds is 2. The lowest BCUT2D eigenvalue weighted by Crippen LogP contribution is -2.67. The molecule has 0 aromatic carbocycles. The molecule has 5 rings (SSSR count). The third-order valence-corrected chi connectivity index (χ3v) is 5.71. The summed E-state index contributed by atoms with van der Waals surface area (Å²) in [7, 11) is 0. The van der Waals surface area contributed by atoms with Gasteiger partial charge in [0.05, 0.1) is 0 Å². The van der Waals surface area contributed by atoms with Crippen LogP contribution in [0.5, 0.6) is 0 Å². The van der Waals surface area contributed by atoms with E-state index in [4.69, 9.17) is 12.2 Å². The smallest absolute Gasteiger partial charge is 0.131 e. The Morgan fingerprint density at radius 1 is 1.28 bits per heavy atom. The standard InChI is InChI=1S/C13H20N4S/c1-2-16-12(18)14-17(15-16)13-6-9-3-10(7-13)5-11(4-9)8-13/h9-11H,2-8H2,1H3/p+1. The quantitative estimate of drug-likeness (QED) is 0.657. The molecule has 0 unspecified atom stereocenters. The van der Waals surface area contributed by atoms with Crippen molar-refractivity contribution < 1.29 is 4.80 Å². The van der Waals surface area contributed by atoms with Crippen LogP contribution in [0.3, 0.4) is 0 Å². The minimum absolute atomic E-state index is 0.267. The molecule has 4 saturated carbocycles. The molecule has 4 fully saturated rings. The van der Waals surface area contributed by atoms with Crippen LogP contribution in [0, 0.1) is 22.5 Å². The minimum Gasteiger partial charge on any atom is -0.131 e. The van der Waals surface area contributed by atoms with Gasteiger partial charge in [0.2, 0.25) is 0 Å². The zero-order valence-corrected chi connectivity index (χ0v) is 11.7. The first kappa shape index (κ1) is 11.1. The van der Waals surface area contributed by atoms with Crippen molar-refractivity contribution in [2.75, 3.05) is 0 Å². The van der Waals surface area contributed by atoms with Crippen molar-refractivity contribution in [3.63, 3.8) is 0 Å². The molecule has 0 saturated heterocycles. The lowest BCUT2D eigenvalue weighted by Gasteiger charge is -2.53. The first-order valence-electron chi connectivity index (χ1n) is 7.28. The number of aryl methyl sites for hydroxylation is 1. The monoisotopic (exact) mass is 265 g/mol. The molecule has 0 spiro atoms. The second-order valence-corrected chi connectivity index (χ2v) is 7.05. The van der Waals surface area contributed by atoms with Gasteiger partial charge in [-0.25, -0.2) is 0 Å². The van der Waals surface area contributed by atoms with Crippen molar-refractivity contribution in [1.29, 1.82) is 0 Å². The molecule has 18 heavy (non-hydrogen) atoms. The molecule has 0 radical (unpaired) electrons. The molecule has 5 heteroatoms. The first-order valence-corrected chi connectivity index (χ1v) is 7.69. The van der Waals surface area contributed by atoms with Crippen LogP contribution < -0.4 is 4.80 Å². The maximum absolute atomic E-state index is 5.33. The van der Waals surface area contributed by atoms with Crippen LogP contribution in [-0.2, 0) is 12.1 Å². The van der Waals surface area contributed by atoms with Gasteiger partial charge in [-0.2, -0.15) is 0 Å². The van der Waals surface area contributed by atoms with Gasteiger partial charge in [0.25, 0.3) is 0 Å². The van der Waals surface area contributed by atoms with Gasteiger partial charge in [-0.15, -0.1) is 4.68 Å². The Morgan fingerprint density at radius 2 is 1.83 bits per heavy atom. The van der Waals surface area contributed by atoms with Crippen LogP contribution in [0.2, 0.25) is 0 Å². The van der Waals surface area contributed by atoms with Crippen LogP contribution >= 0.6 is 12.2 Å². The van der Waals surface area contributed by atoms with Gasteiger partial charge >= 0.3 is 4.77 Å². The van der Waals surface area contributed by atoms with Gasteiger partial charge < -0.3 is 0 Å². The molecule has 4 aliphatic rings. The highest BCUT2D eigenvalue weighted by atomic mass is 32.1. The zero-order chi connectivity index (χ0) is 12.3. The molecule has 1 heterocycles. The summed E-state index contributed by atoms with van der Waals surface area (Å²) < 4.78 is 2.68. The Labute approximate surface area is 112 Å². The zero-order valence-electron chi connectivity index (χ0n) is 10.9. The van der Waals surface area contributed by atoms with Crippen LogP contribution in [0.4, 0.5) is 0 Å². The summed E-state index contributed by atoms with van der Waals surface area (Å²) in [5, 5.41) is 8.02. The van der Waals surface area contributed by atoms with E-state index in [0.29, 0.717) is 4.77 Å². The molecular weight excluding hydrogens is 244 g/mol. The molecule has 4 bridgehead atoms. The molecule has 4 aliphatic carbocycles. The predicted molar refractivity (Wildman–Crippen MR) is 69.4 cm³/mol. The number of tetrazole rings is 1. The number of aromatic nitrogens is 4. The Bertz CT molecular complexity index is 494. The van der Waals surface area contributed by atoms with E-state index in [2.05, 4.69) is 22.0 Å². The molecule has 1 aromatic heterocycles. The first-order chi connectivity index (χ1) is 8.68. The van der Waals surface area contributed by atoms with Gasteiger partial charge in [0, 0.05) is 0 Å². The number of hydrogen-bond acceptors (Lipinski definition) is 2. The Hall–Kier alpha value is -0.710. The fraction of sp³-hybridized carbons (Fsp3) is 0.923. The lowest BCUT2D eigenvalue weighted by atomic mass is 9.53. The highest BCUT2D eigenvalue weighted by Gasteiger charge is 2.56. The summed E-state index contributed by atoms with van der Waals surface area (Å²) in [5.41, 5.74) is 0.267. The number of hydrogen-bond donors (Lipinski definition) is 1. The van der Waals surface area contributed by atoms with Gasteiger partial charge in [0.15, 0.2) is 5.54 Å². The molecular formula is C13H21N4S+. The Morgan fingerprint density at radius 3 is 2.28 bits per heavy atom. The third-order valence-electron chi connectivity index (χ3n) is 5.40. The SMILES string of the molecule is CCn1[nH][n+](C23CC4CC(CC(C4)C2)C3)nc1=S. The lowest BCUT2D eigenvalue weighted by molar-refractivity contribution is -0.871. The average Bonchev–Trinajstić information content (AvgIpc) is 2.69. The number of nitrogens with one attached hydrogen (secondary N) is 1. The van der Waals surface area contributed by atoms with Crippen molar-refractivity contribution in [2.24, 2.45) is 17.8 Å². The third kappa shape index (κ3) is 1.46. The Balaban J connectivity index is 1.76. The van der Waals surface area contributed by atoms with Gasteiger partial charge in [-0.05, 0) is 80.5 Å². The summed E-state index contributed by atoms with van der Waals surface area (Å²) in [6, 6.07) is 0.